The van der Waals surface area contributed by atoms with E-state index in [-0.39, 0.29) is 11.8 Å². The molecular weight excluding hydrogens is 368 g/mol. The Morgan fingerprint density at radius 1 is 1.12 bits per heavy atom. The van der Waals surface area contributed by atoms with Gasteiger partial charge < -0.3 is 10.6 Å². The molecule has 0 bridgehead atoms. The van der Waals surface area contributed by atoms with Crippen LogP contribution >= 0.6 is 23.1 Å². The molecule has 1 heterocycles. The number of aromatic nitrogens is 2. The van der Waals surface area contributed by atoms with E-state index >= 15 is 0 Å². The summed E-state index contributed by atoms with van der Waals surface area (Å²) in [5, 5.41) is 14.3. The highest BCUT2D eigenvalue weighted by Crippen LogP contribution is 2.26. The first-order chi connectivity index (χ1) is 12.7. The third kappa shape index (κ3) is 6.10. The summed E-state index contributed by atoms with van der Waals surface area (Å²) < 4.78 is 0.685. The van der Waals surface area contributed by atoms with Gasteiger partial charge in [-0.05, 0) is 24.8 Å². The summed E-state index contributed by atoms with van der Waals surface area (Å²) in [4.78, 5) is 23.9. The number of aryl methyl sites for hydroxylation is 1. The van der Waals surface area contributed by atoms with Crippen LogP contribution in [-0.2, 0) is 16.0 Å². The highest BCUT2D eigenvalue weighted by molar-refractivity contribution is 8.01. The Labute approximate surface area is 161 Å². The number of hydrogen-bond acceptors (Lipinski definition) is 6. The minimum Gasteiger partial charge on any atom is -0.353 e. The van der Waals surface area contributed by atoms with Crippen molar-refractivity contribution in [3.63, 3.8) is 0 Å². The van der Waals surface area contributed by atoms with Crippen LogP contribution in [0.1, 0.15) is 37.7 Å². The average molecular weight is 391 g/mol. The molecule has 1 aliphatic rings. The molecule has 1 saturated carbocycles. The van der Waals surface area contributed by atoms with Crippen LogP contribution in [0.25, 0.3) is 0 Å². The summed E-state index contributed by atoms with van der Waals surface area (Å²) in [5.74, 6) is 0.277. The van der Waals surface area contributed by atoms with Crippen LogP contribution in [0.2, 0.25) is 0 Å². The molecule has 26 heavy (non-hydrogen) atoms. The van der Waals surface area contributed by atoms with Crippen LogP contribution in [-0.4, -0.2) is 33.8 Å². The summed E-state index contributed by atoms with van der Waals surface area (Å²) in [6.45, 7) is 0. The van der Waals surface area contributed by atoms with Crippen molar-refractivity contribution < 1.29 is 9.59 Å². The van der Waals surface area contributed by atoms with Crippen molar-refractivity contribution in [2.75, 3.05) is 11.1 Å². The molecule has 1 aliphatic carbocycles. The fraction of sp³-hybridized carbons (Fsp3) is 0.444. The first-order valence-corrected chi connectivity index (χ1v) is 10.6. The lowest BCUT2D eigenvalue weighted by Gasteiger charge is -2.10. The Morgan fingerprint density at radius 3 is 2.65 bits per heavy atom. The van der Waals surface area contributed by atoms with Gasteiger partial charge >= 0.3 is 0 Å². The van der Waals surface area contributed by atoms with Crippen molar-refractivity contribution in [3.8, 4) is 0 Å². The maximum Gasteiger partial charge on any atom is 0.230 e. The van der Waals surface area contributed by atoms with Crippen LogP contribution in [0, 0.1) is 0 Å². The third-order valence-corrected chi connectivity index (χ3v) is 6.16. The SMILES string of the molecule is O=C(CCc1ccccc1)Nc1nnc(SCC(=O)NC2CCCC2)s1. The van der Waals surface area contributed by atoms with Gasteiger partial charge in [-0.15, -0.1) is 10.2 Å². The lowest BCUT2D eigenvalue weighted by Crippen LogP contribution is -2.33. The van der Waals surface area contributed by atoms with E-state index in [9.17, 15) is 9.59 Å². The Morgan fingerprint density at radius 2 is 1.88 bits per heavy atom. The summed E-state index contributed by atoms with van der Waals surface area (Å²) in [5.41, 5.74) is 1.13. The van der Waals surface area contributed by atoms with Crippen molar-refractivity contribution in [2.45, 2.75) is 48.9 Å². The quantitative estimate of drug-likeness (QED) is 0.534. The van der Waals surface area contributed by atoms with Crippen LogP contribution in [0.3, 0.4) is 0 Å². The van der Waals surface area contributed by atoms with Gasteiger partial charge in [-0.25, -0.2) is 0 Å². The lowest BCUT2D eigenvalue weighted by atomic mass is 10.1. The zero-order valence-corrected chi connectivity index (χ0v) is 16.1. The summed E-state index contributed by atoms with van der Waals surface area (Å²) >= 11 is 2.65. The molecule has 2 amide bonds. The van der Waals surface area contributed by atoms with E-state index in [1.807, 2.05) is 30.3 Å². The Hall–Kier alpha value is -1.93. The van der Waals surface area contributed by atoms with Gasteiger partial charge in [-0.2, -0.15) is 0 Å². The number of carbonyl (C=O) groups is 2. The van der Waals surface area contributed by atoms with Gasteiger partial charge in [0.1, 0.15) is 0 Å². The Balaban J connectivity index is 1.38. The van der Waals surface area contributed by atoms with E-state index in [4.69, 9.17) is 0 Å². The minimum absolute atomic E-state index is 0.0329. The standard InChI is InChI=1S/C18H22N4O2S2/c23-15(11-10-13-6-2-1-3-7-13)20-17-21-22-18(26-17)25-12-16(24)19-14-8-4-5-9-14/h1-3,6-7,14H,4-5,8-12H2,(H,19,24)(H,20,21,23). The van der Waals surface area contributed by atoms with Crippen molar-refractivity contribution in [2.24, 2.45) is 0 Å². The highest BCUT2D eigenvalue weighted by atomic mass is 32.2. The van der Waals surface area contributed by atoms with Crippen LogP contribution in [0.15, 0.2) is 34.7 Å². The average Bonchev–Trinajstić information content (AvgIpc) is 3.31. The number of carbonyl (C=O) groups excluding carboxylic acids is 2. The van der Waals surface area contributed by atoms with Crippen molar-refractivity contribution in [1.29, 1.82) is 0 Å². The smallest absolute Gasteiger partial charge is 0.230 e. The number of nitrogens with one attached hydrogen (secondary N) is 2. The van der Waals surface area contributed by atoms with E-state index in [2.05, 4.69) is 20.8 Å². The van der Waals surface area contributed by atoms with Gasteiger partial charge in [0.2, 0.25) is 16.9 Å². The second kappa shape index (κ2) is 9.68. The summed E-state index contributed by atoms with van der Waals surface area (Å²) in [6.07, 6.45) is 5.64. The molecular formula is C18H22N4O2S2. The number of hydrogen-bond donors (Lipinski definition) is 2. The predicted molar refractivity (Wildman–Crippen MR) is 104 cm³/mol. The fourth-order valence-electron chi connectivity index (χ4n) is 2.87. The lowest BCUT2D eigenvalue weighted by molar-refractivity contribution is -0.119. The van der Waals surface area contributed by atoms with E-state index < -0.39 is 0 Å². The number of amides is 2. The molecule has 6 nitrogen and oxygen atoms in total. The van der Waals surface area contributed by atoms with Crippen LogP contribution < -0.4 is 10.6 Å². The number of nitrogens with zero attached hydrogens (tertiary/aromatic N) is 2. The molecule has 1 aromatic carbocycles. The molecule has 0 saturated heterocycles. The molecule has 0 unspecified atom stereocenters. The Kier molecular flexibility index (Phi) is 7.02. The molecule has 0 radical (unpaired) electrons. The van der Waals surface area contributed by atoms with Gasteiger partial charge in [0, 0.05) is 12.5 Å². The summed E-state index contributed by atoms with van der Waals surface area (Å²) in [7, 11) is 0. The number of thioether (sulfide) groups is 1. The molecule has 2 N–H and O–H groups in total. The topological polar surface area (TPSA) is 84.0 Å². The molecule has 0 spiro atoms. The minimum atomic E-state index is -0.0828. The third-order valence-electron chi connectivity index (χ3n) is 4.18. The first-order valence-electron chi connectivity index (χ1n) is 8.78. The summed E-state index contributed by atoms with van der Waals surface area (Å²) in [6, 6.07) is 10.2. The van der Waals surface area contributed by atoms with Gasteiger partial charge in [0.25, 0.3) is 0 Å². The van der Waals surface area contributed by atoms with Gasteiger partial charge in [0.05, 0.1) is 5.75 Å². The van der Waals surface area contributed by atoms with E-state index in [0.29, 0.717) is 34.1 Å². The zero-order chi connectivity index (χ0) is 18.2. The number of benzene rings is 1. The van der Waals surface area contributed by atoms with E-state index in [1.165, 1.54) is 35.9 Å². The maximum atomic E-state index is 12.0. The molecule has 2 aromatic rings. The van der Waals surface area contributed by atoms with Crippen LogP contribution in [0.4, 0.5) is 5.13 Å². The highest BCUT2D eigenvalue weighted by Gasteiger charge is 2.17. The zero-order valence-electron chi connectivity index (χ0n) is 14.4. The second-order valence-electron chi connectivity index (χ2n) is 6.24. The molecule has 1 aromatic heterocycles. The maximum absolute atomic E-state index is 12.0. The largest absolute Gasteiger partial charge is 0.353 e. The van der Waals surface area contributed by atoms with Gasteiger partial charge in [-0.3, -0.25) is 9.59 Å². The molecule has 3 rings (SSSR count). The van der Waals surface area contributed by atoms with Gasteiger partial charge in [-0.1, -0.05) is 66.3 Å². The second-order valence-corrected chi connectivity index (χ2v) is 8.44. The van der Waals surface area contributed by atoms with E-state index in [1.54, 1.807) is 0 Å². The van der Waals surface area contributed by atoms with Crippen molar-refractivity contribution >= 4 is 40.0 Å². The number of rotatable bonds is 8. The number of anilines is 1. The fourth-order valence-corrected chi connectivity index (χ4v) is 4.45. The monoisotopic (exact) mass is 390 g/mol. The Bertz CT molecular complexity index is 730. The molecule has 0 atom stereocenters. The molecule has 0 aliphatic heterocycles. The van der Waals surface area contributed by atoms with E-state index in [0.717, 1.165) is 18.4 Å². The normalized spacial score (nSPS) is 14.3. The molecule has 1 fully saturated rings. The van der Waals surface area contributed by atoms with Crippen molar-refractivity contribution in [3.05, 3.63) is 35.9 Å². The van der Waals surface area contributed by atoms with Gasteiger partial charge in [0.15, 0.2) is 4.34 Å². The molecule has 8 heteroatoms. The van der Waals surface area contributed by atoms with Crippen molar-refractivity contribution in [1.82, 2.24) is 15.5 Å². The molecule has 138 valence electrons. The first kappa shape index (κ1) is 18.8. The van der Waals surface area contributed by atoms with Crippen LogP contribution in [0.5, 0.6) is 0 Å². The predicted octanol–water partition coefficient (Wildman–Crippen LogP) is 3.26.